The normalized spacial score (nSPS) is 18.9. The van der Waals surface area contributed by atoms with E-state index in [0.717, 1.165) is 30.4 Å². The highest BCUT2D eigenvalue weighted by Gasteiger charge is 2.36. The van der Waals surface area contributed by atoms with Crippen LogP contribution in [0.2, 0.25) is 0 Å². The summed E-state index contributed by atoms with van der Waals surface area (Å²) in [6.07, 6.45) is 3.98. The molecule has 2 saturated heterocycles. The van der Waals surface area contributed by atoms with E-state index in [-0.39, 0.29) is 49.7 Å². The number of amides is 5. The van der Waals surface area contributed by atoms with Gasteiger partial charge in [-0.1, -0.05) is 18.2 Å². The van der Waals surface area contributed by atoms with Crippen molar-refractivity contribution in [2.75, 3.05) is 52.1 Å². The molecule has 2 atom stereocenters. The van der Waals surface area contributed by atoms with E-state index >= 15 is 0 Å². The number of benzene rings is 1. The summed E-state index contributed by atoms with van der Waals surface area (Å²) >= 11 is 0. The Hall–Kier alpha value is -4.71. The molecule has 1 aromatic carbocycles. The minimum atomic E-state index is -3.74. The van der Waals surface area contributed by atoms with Gasteiger partial charge in [0.05, 0.1) is 11.9 Å². The number of rotatable bonds is 12. The van der Waals surface area contributed by atoms with E-state index in [1.807, 2.05) is 0 Å². The highest BCUT2D eigenvalue weighted by molar-refractivity contribution is 7.88. The van der Waals surface area contributed by atoms with Gasteiger partial charge >= 0.3 is 6.09 Å². The fourth-order valence-corrected chi connectivity index (χ4v) is 6.21. The zero-order valence-corrected chi connectivity index (χ0v) is 27.4. The van der Waals surface area contributed by atoms with E-state index in [2.05, 4.69) is 20.5 Å². The largest absolute Gasteiger partial charge is 0.467 e. The lowest BCUT2D eigenvalue weighted by molar-refractivity contribution is -0.140. The number of carbonyl (C=O) groups excluding carboxylic acids is 4. The second kappa shape index (κ2) is 15.0. The molecule has 0 bridgehead atoms. The summed E-state index contributed by atoms with van der Waals surface area (Å²) in [6.45, 7) is -0.216. The molecule has 3 fully saturated rings. The van der Waals surface area contributed by atoms with Crippen molar-refractivity contribution in [1.82, 2.24) is 39.8 Å². The molecule has 1 saturated carbocycles. The molecule has 0 radical (unpaired) electrons. The number of likely N-dealkylation sites (tertiary alicyclic amines) is 1. The standard InChI is InChI=1S/C30H40N8O9S/c1-48(45,46)31-18-23(29(42)35-13-15-36(16-14-35)30(43)44)33-27(40)22-17-26(38(34-22)21-9-3-2-4-10-21)47-19-25(39)37-12-6-11-24(37)28(41)32-20-7-5-8-20/h2-4,9-10,17,20,23-24,31H,5-8,11-16,18-19H2,1H3,(H,32,41)(H,33,40)(H,43,44)/t23-,24-/m0/s1. The molecule has 3 heterocycles. The van der Waals surface area contributed by atoms with Crippen molar-refractivity contribution in [2.24, 2.45) is 0 Å². The van der Waals surface area contributed by atoms with E-state index in [1.54, 1.807) is 30.3 Å². The molecular weight excluding hydrogens is 648 g/mol. The molecule has 4 N–H and O–H groups in total. The van der Waals surface area contributed by atoms with E-state index < -0.39 is 59.1 Å². The fourth-order valence-electron chi connectivity index (χ4n) is 5.74. The van der Waals surface area contributed by atoms with Crippen molar-refractivity contribution >= 4 is 39.7 Å². The van der Waals surface area contributed by atoms with Crippen molar-refractivity contribution in [3.63, 3.8) is 0 Å². The number of nitrogens with zero attached hydrogens (tertiary/aromatic N) is 5. The Bertz CT molecular complexity index is 1620. The van der Waals surface area contributed by atoms with Crippen LogP contribution in [0.4, 0.5) is 4.79 Å². The Morgan fingerprint density at radius 2 is 1.67 bits per heavy atom. The van der Waals surface area contributed by atoms with Gasteiger partial charge in [-0.05, 0) is 44.2 Å². The summed E-state index contributed by atoms with van der Waals surface area (Å²) < 4.78 is 33.1. The zero-order valence-electron chi connectivity index (χ0n) is 26.5. The van der Waals surface area contributed by atoms with Crippen LogP contribution in [0.3, 0.4) is 0 Å². The average Bonchev–Trinajstić information content (AvgIpc) is 3.71. The van der Waals surface area contributed by atoms with Crippen LogP contribution in [0.1, 0.15) is 42.6 Å². The molecule has 5 rings (SSSR count). The second-order valence-corrected chi connectivity index (χ2v) is 13.9. The smallest absolute Gasteiger partial charge is 0.407 e. The Morgan fingerprint density at radius 1 is 0.979 bits per heavy atom. The van der Waals surface area contributed by atoms with Gasteiger partial charge < -0.3 is 35.2 Å². The van der Waals surface area contributed by atoms with Gasteiger partial charge in [-0.25, -0.2) is 22.6 Å². The fraction of sp³-hybridized carbons (Fsp3) is 0.533. The van der Waals surface area contributed by atoms with Gasteiger partial charge in [-0.15, -0.1) is 0 Å². The SMILES string of the molecule is CS(=O)(=O)NC[C@H](NC(=O)c1cc(OCC(=O)N2CCC[C@H]2C(=O)NC2CCC2)n(-c2ccccc2)n1)C(=O)N1CCN(C(=O)O)CC1. The summed E-state index contributed by atoms with van der Waals surface area (Å²) in [5, 5.41) is 19.1. The van der Waals surface area contributed by atoms with Gasteiger partial charge in [0.15, 0.2) is 12.3 Å². The van der Waals surface area contributed by atoms with Crippen molar-refractivity contribution in [1.29, 1.82) is 0 Å². The predicted molar refractivity (Wildman–Crippen MR) is 170 cm³/mol. The molecule has 1 aliphatic carbocycles. The lowest BCUT2D eigenvalue weighted by Gasteiger charge is -2.35. The summed E-state index contributed by atoms with van der Waals surface area (Å²) in [5.41, 5.74) is 0.341. The molecule has 2 aromatic rings. The van der Waals surface area contributed by atoms with Gasteiger partial charge in [0, 0.05) is 51.4 Å². The third-order valence-corrected chi connectivity index (χ3v) is 9.29. The first-order valence-corrected chi connectivity index (χ1v) is 17.7. The molecule has 48 heavy (non-hydrogen) atoms. The minimum Gasteiger partial charge on any atom is -0.467 e. The number of carboxylic acid groups (broad SMARTS) is 1. The van der Waals surface area contributed by atoms with Crippen molar-refractivity contribution in [2.45, 2.75) is 50.2 Å². The number of para-hydroxylation sites is 1. The first-order chi connectivity index (χ1) is 22.9. The quantitative estimate of drug-likeness (QED) is 0.222. The number of carbonyl (C=O) groups is 5. The summed E-state index contributed by atoms with van der Waals surface area (Å²) in [5.74, 6) is -1.93. The maximum atomic E-state index is 13.5. The Kier molecular flexibility index (Phi) is 10.8. The van der Waals surface area contributed by atoms with Gasteiger partial charge in [0.25, 0.3) is 11.8 Å². The lowest BCUT2D eigenvalue weighted by atomic mass is 9.93. The Balaban J connectivity index is 1.30. The van der Waals surface area contributed by atoms with Crippen LogP contribution >= 0.6 is 0 Å². The van der Waals surface area contributed by atoms with Crippen LogP contribution in [0.25, 0.3) is 5.69 Å². The number of ether oxygens (including phenoxy) is 1. The molecule has 260 valence electrons. The molecule has 0 spiro atoms. The second-order valence-electron chi connectivity index (χ2n) is 12.0. The monoisotopic (exact) mass is 688 g/mol. The number of piperazine rings is 1. The minimum absolute atomic E-state index is 0.0521. The molecular formula is C30H40N8O9S. The van der Waals surface area contributed by atoms with Crippen LogP contribution in [-0.4, -0.2) is 138 Å². The number of sulfonamides is 1. The number of hydrogen-bond donors (Lipinski definition) is 4. The average molecular weight is 689 g/mol. The van der Waals surface area contributed by atoms with Crippen LogP contribution < -0.4 is 20.1 Å². The Labute approximate surface area is 277 Å². The van der Waals surface area contributed by atoms with E-state index in [9.17, 15) is 37.5 Å². The molecule has 2 aliphatic heterocycles. The van der Waals surface area contributed by atoms with Crippen LogP contribution in [0.5, 0.6) is 5.88 Å². The van der Waals surface area contributed by atoms with Gasteiger partial charge in [-0.2, -0.15) is 5.10 Å². The first-order valence-electron chi connectivity index (χ1n) is 15.8. The summed E-state index contributed by atoms with van der Waals surface area (Å²) in [6, 6.07) is 8.24. The van der Waals surface area contributed by atoms with E-state index in [1.165, 1.54) is 20.5 Å². The number of nitrogens with one attached hydrogen (secondary N) is 3. The van der Waals surface area contributed by atoms with Crippen molar-refractivity contribution in [3.8, 4) is 11.6 Å². The lowest BCUT2D eigenvalue weighted by Crippen LogP contribution is -2.58. The van der Waals surface area contributed by atoms with Gasteiger partial charge in [0.1, 0.15) is 12.1 Å². The summed E-state index contributed by atoms with van der Waals surface area (Å²) in [7, 11) is -3.74. The molecule has 1 aromatic heterocycles. The van der Waals surface area contributed by atoms with Crippen LogP contribution in [-0.2, 0) is 24.4 Å². The van der Waals surface area contributed by atoms with Crippen LogP contribution in [0, 0.1) is 0 Å². The molecule has 0 unspecified atom stereocenters. The van der Waals surface area contributed by atoms with Crippen molar-refractivity contribution < 1.29 is 42.2 Å². The van der Waals surface area contributed by atoms with Gasteiger partial charge in [0.2, 0.25) is 27.7 Å². The van der Waals surface area contributed by atoms with Crippen LogP contribution in [0.15, 0.2) is 36.4 Å². The predicted octanol–water partition coefficient (Wildman–Crippen LogP) is -0.619. The number of hydrogen-bond acceptors (Lipinski definition) is 9. The third kappa shape index (κ3) is 8.60. The van der Waals surface area contributed by atoms with Gasteiger partial charge in [-0.3, -0.25) is 19.2 Å². The molecule has 5 amide bonds. The maximum Gasteiger partial charge on any atom is 0.407 e. The third-order valence-electron chi connectivity index (χ3n) is 8.60. The number of aromatic nitrogens is 2. The van der Waals surface area contributed by atoms with Crippen molar-refractivity contribution in [3.05, 3.63) is 42.1 Å². The molecule has 17 nitrogen and oxygen atoms in total. The first kappa shape index (κ1) is 34.6. The maximum absolute atomic E-state index is 13.5. The highest BCUT2D eigenvalue weighted by Crippen LogP contribution is 2.23. The zero-order chi connectivity index (χ0) is 34.4. The summed E-state index contributed by atoms with van der Waals surface area (Å²) in [4.78, 5) is 68.3. The van der Waals surface area contributed by atoms with E-state index in [0.29, 0.717) is 25.1 Å². The van der Waals surface area contributed by atoms with E-state index in [4.69, 9.17) is 4.74 Å². The topological polar surface area (TPSA) is 213 Å². The molecule has 18 heteroatoms. The Morgan fingerprint density at radius 3 is 2.29 bits per heavy atom. The highest BCUT2D eigenvalue weighted by atomic mass is 32.2. The molecule has 3 aliphatic rings.